The number of aryl methyl sites for hydroxylation is 1. The van der Waals surface area contributed by atoms with E-state index in [4.69, 9.17) is 0 Å². The number of Topliss-reactive ketones (excluding diaryl/α,β-unsaturated/α-hetero) is 1. The van der Waals surface area contributed by atoms with Crippen molar-refractivity contribution in [2.45, 2.75) is 87.5 Å². The van der Waals surface area contributed by atoms with Crippen LogP contribution in [0.25, 0.3) is 0 Å². The molecule has 0 amide bonds. The van der Waals surface area contributed by atoms with E-state index in [1.165, 1.54) is 62.4 Å². The molecule has 0 aliphatic carbocycles. The molecule has 1 aromatic rings. The number of carbonyl (C=O) groups is 1. The maximum Gasteiger partial charge on any atom is 0.159 e. The second-order valence-electron chi connectivity index (χ2n) is 9.25. The highest BCUT2D eigenvalue weighted by molar-refractivity contribution is 5.96. The predicted octanol–water partition coefficient (Wildman–Crippen LogP) is 10.3. The number of ketones is 1. The highest BCUT2D eigenvalue weighted by Gasteiger charge is 2.03. The summed E-state index contributed by atoms with van der Waals surface area (Å²) < 4.78 is 12.1. The van der Waals surface area contributed by atoms with Gasteiger partial charge in [0.15, 0.2) is 5.78 Å². The molecule has 0 atom stereocenters. The van der Waals surface area contributed by atoms with Crippen molar-refractivity contribution in [2.24, 2.45) is 5.92 Å². The van der Waals surface area contributed by atoms with Crippen LogP contribution in [-0.2, 0) is 4.79 Å². The summed E-state index contributed by atoms with van der Waals surface area (Å²) in [7, 11) is 2.04. The SMILES string of the molecule is C=C/C(=C\C=C(C)C)CC.C=C/C(=C\C=C/C)C(C)=O.CCCC(CCC)CNC.Cc1ccc(F)cc1. The Labute approximate surface area is 235 Å². The maximum absolute atomic E-state index is 12.1. The van der Waals surface area contributed by atoms with Gasteiger partial charge in [-0.05, 0) is 91.1 Å². The molecule has 0 aromatic heterocycles. The van der Waals surface area contributed by atoms with Crippen LogP contribution in [0.2, 0.25) is 0 Å². The van der Waals surface area contributed by atoms with Gasteiger partial charge in [-0.2, -0.15) is 0 Å². The Kier molecular flexibility index (Phi) is 30.1. The molecule has 0 radical (unpaired) electrons. The Bertz CT molecular complexity index is 817. The van der Waals surface area contributed by atoms with Crippen LogP contribution >= 0.6 is 0 Å². The minimum atomic E-state index is -0.171. The summed E-state index contributed by atoms with van der Waals surface area (Å²) in [6, 6.07) is 6.40. The minimum Gasteiger partial charge on any atom is -0.319 e. The van der Waals surface area contributed by atoms with Crippen molar-refractivity contribution in [1.82, 2.24) is 5.32 Å². The monoisotopic (exact) mass is 525 g/mol. The molecular formula is C35H56FNO. The maximum atomic E-state index is 12.1. The smallest absolute Gasteiger partial charge is 0.159 e. The molecule has 0 aliphatic rings. The lowest BCUT2D eigenvalue weighted by Crippen LogP contribution is -2.18. The van der Waals surface area contributed by atoms with Gasteiger partial charge in [-0.25, -0.2) is 4.39 Å². The van der Waals surface area contributed by atoms with Crippen LogP contribution in [0.5, 0.6) is 0 Å². The average molecular weight is 526 g/mol. The van der Waals surface area contributed by atoms with Crippen molar-refractivity contribution in [3.8, 4) is 0 Å². The quantitative estimate of drug-likeness (QED) is 0.217. The van der Waals surface area contributed by atoms with Gasteiger partial charge in [-0.3, -0.25) is 4.79 Å². The Morgan fingerprint density at radius 1 is 0.947 bits per heavy atom. The molecule has 0 fully saturated rings. The van der Waals surface area contributed by atoms with Crippen molar-refractivity contribution in [3.63, 3.8) is 0 Å². The molecule has 3 heteroatoms. The largest absolute Gasteiger partial charge is 0.319 e. The lowest BCUT2D eigenvalue weighted by molar-refractivity contribution is -0.113. The van der Waals surface area contributed by atoms with Crippen LogP contribution in [0.4, 0.5) is 4.39 Å². The van der Waals surface area contributed by atoms with Crippen molar-refractivity contribution in [3.05, 3.63) is 108 Å². The number of halogens is 1. The third-order valence-electron chi connectivity index (χ3n) is 5.29. The van der Waals surface area contributed by atoms with Crippen molar-refractivity contribution >= 4 is 5.78 Å². The van der Waals surface area contributed by atoms with Crippen LogP contribution in [0.15, 0.2) is 96.7 Å². The van der Waals surface area contributed by atoms with Crippen molar-refractivity contribution in [1.29, 1.82) is 0 Å². The molecule has 0 bridgehead atoms. The van der Waals surface area contributed by atoms with Crippen LogP contribution in [0.1, 0.15) is 86.1 Å². The van der Waals surface area contributed by atoms with Gasteiger partial charge in [0, 0.05) is 5.57 Å². The lowest BCUT2D eigenvalue weighted by Gasteiger charge is -2.13. The third-order valence-corrected chi connectivity index (χ3v) is 5.29. The average Bonchev–Trinajstić information content (AvgIpc) is 2.88. The Hall–Kier alpha value is -2.78. The Morgan fingerprint density at radius 2 is 1.50 bits per heavy atom. The molecule has 0 spiro atoms. The molecule has 0 aliphatic heterocycles. The van der Waals surface area contributed by atoms with Gasteiger partial charge < -0.3 is 5.32 Å². The van der Waals surface area contributed by atoms with E-state index < -0.39 is 0 Å². The summed E-state index contributed by atoms with van der Waals surface area (Å²) >= 11 is 0. The van der Waals surface area contributed by atoms with Crippen LogP contribution in [0.3, 0.4) is 0 Å². The number of nitrogens with one attached hydrogen (secondary N) is 1. The number of hydrogen-bond donors (Lipinski definition) is 1. The van der Waals surface area contributed by atoms with Crippen LogP contribution in [-0.4, -0.2) is 19.4 Å². The Balaban J connectivity index is -0.000000431. The summed E-state index contributed by atoms with van der Waals surface area (Å²) in [6.07, 6.45) is 19.6. The summed E-state index contributed by atoms with van der Waals surface area (Å²) in [5.74, 6) is 0.795. The van der Waals surface area contributed by atoms with E-state index in [9.17, 15) is 9.18 Å². The molecule has 0 unspecified atom stereocenters. The van der Waals surface area contributed by atoms with Gasteiger partial charge in [0.2, 0.25) is 0 Å². The van der Waals surface area contributed by atoms with Gasteiger partial charge in [0.25, 0.3) is 0 Å². The summed E-state index contributed by atoms with van der Waals surface area (Å²) in [6.45, 7) is 24.6. The zero-order valence-electron chi connectivity index (χ0n) is 25.9. The molecule has 214 valence electrons. The zero-order chi connectivity index (χ0) is 29.8. The lowest BCUT2D eigenvalue weighted by atomic mass is 9.98. The summed E-state index contributed by atoms with van der Waals surface area (Å²) in [4.78, 5) is 10.7. The van der Waals surface area contributed by atoms with E-state index in [1.807, 2.05) is 39.1 Å². The van der Waals surface area contributed by atoms with Gasteiger partial charge in [0.05, 0.1) is 0 Å². The van der Waals surface area contributed by atoms with Crippen LogP contribution < -0.4 is 5.32 Å². The van der Waals surface area contributed by atoms with Crippen molar-refractivity contribution in [2.75, 3.05) is 13.6 Å². The fourth-order valence-corrected chi connectivity index (χ4v) is 3.12. The third kappa shape index (κ3) is 27.8. The van der Waals surface area contributed by atoms with Gasteiger partial charge in [0.1, 0.15) is 5.82 Å². The highest BCUT2D eigenvalue weighted by Crippen LogP contribution is 2.11. The molecule has 0 saturated heterocycles. The van der Waals surface area contributed by atoms with Gasteiger partial charge >= 0.3 is 0 Å². The second-order valence-corrected chi connectivity index (χ2v) is 9.25. The predicted molar refractivity (Wildman–Crippen MR) is 170 cm³/mol. The van der Waals surface area contributed by atoms with Crippen molar-refractivity contribution < 1.29 is 9.18 Å². The fraction of sp³-hybridized carbons (Fsp3) is 0.457. The number of hydrogen-bond acceptors (Lipinski definition) is 2. The highest BCUT2D eigenvalue weighted by atomic mass is 19.1. The molecular weight excluding hydrogens is 469 g/mol. The first kappa shape index (κ1) is 39.7. The zero-order valence-corrected chi connectivity index (χ0v) is 25.9. The normalized spacial score (nSPS) is 10.8. The number of allylic oxidation sites excluding steroid dienone is 10. The molecule has 1 N–H and O–H groups in total. The summed E-state index contributed by atoms with van der Waals surface area (Å²) in [5.41, 5.74) is 4.36. The fourth-order valence-electron chi connectivity index (χ4n) is 3.12. The standard InChI is InChI=1S/C10H16.C9H21N.C9H12O.C7H7F/c1-5-10(6-2)8-7-9(3)4;1-4-6-9(7-5-2)8-10-3;1-4-6-7-9(5-2)8(3)10;1-6-2-4-7(8)5-3-6/h5,7-8H,1,6H2,2-4H3;9-10H,4-8H2,1-3H3;4-7H,2H2,1,3H3;2-5H,1H3/b10-8+;;6-4-,9-7+;. The topological polar surface area (TPSA) is 29.1 Å². The number of rotatable bonds is 12. The number of benzene rings is 1. The van der Waals surface area contributed by atoms with E-state index in [-0.39, 0.29) is 11.6 Å². The van der Waals surface area contributed by atoms with E-state index >= 15 is 0 Å². The molecule has 0 saturated carbocycles. The van der Waals surface area contributed by atoms with Crippen LogP contribution in [0, 0.1) is 18.7 Å². The first-order valence-corrected chi connectivity index (χ1v) is 13.9. The van der Waals surface area contributed by atoms with E-state index in [1.54, 1.807) is 24.3 Å². The minimum absolute atomic E-state index is 0.0492. The van der Waals surface area contributed by atoms with E-state index in [0.29, 0.717) is 5.57 Å². The molecule has 1 aromatic carbocycles. The van der Waals surface area contributed by atoms with Gasteiger partial charge in [-0.15, -0.1) is 0 Å². The molecule has 2 nitrogen and oxygen atoms in total. The van der Waals surface area contributed by atoms with E-state index in [0.717, 1.165) is 17.9 Å². The van der Waals surface area contributed by atoms with E-state index in [2.05, 4.69) is 65.2 Å². The number of carbonyl (C=O) groups excluding carboxylic acids is 1. The summed E-state index contributed by atoms with van der Waals surface area (Å²) in [5, 5.41) is 3.24. The van der Waals surface area contributed by atoms with Gasteiger partial charge in [-0.1, -0.05) is 113 Å². The molecule has 38 heavy (non-hydrogen) atoms. The first-order chi connectivity index (χ1) is 18.1. The Morgan fingerprint density at radius 3 is 1.82 bits per heavy atom. The molecule has 1 rings (SSSR count). The first-order valence-electron chi connectivity index (χ1n) is 13.9. The molecule has 0 heterocycles. The second kappa shape index (κ2) is 28.8.